The second-order valence-corrected chi connectivity index (χ2v) is 5.45. The molecule has 4 rings (SSSR count). The van der Waals surface area contributed by atoms with E-state index in [1.807, 2.05) is 24.3 Å². The number of ether oxygens (including phenoxy) is 2. The van der Waals surface area contributed by atoms with E-state index in [1.165, 1.54) is 0 Å². The summed E-state index contributed by atoms with van der Waals surface area (Å²) in [6, 6.07) is 9.46. The van der Waals surface area contributed by atoms with E-state index in [-0.39, 0.29) is 5.95 Å². The van der Waals surface area contributed by atoms with Crippen LogP contribution in [0.1, 0.15) is 0 Å². The number of benzene rings is 2. The molecule has 0 atom stereocenters. The first-order valence-corrected chi connectivity index (χ1v) is 7.57. The van der Waals surface area contributed by atoms with Crippen LogP contribution in [-0.2, 0) is 0 Å². The summed E-state index contributed by atoms with van der Waals surface area (Å²) < 4.78 is 10.7. The number of nitrogen functional groups attached to an aromatic ring is 1. The van der Waals surface area contributed by atoms with Crippen molar-refractivity contribution in [2.75, 3.05) is 25.3 Å². The average Bonchev–Trinajstić information content (AvgIpc) is 3.08. The zero-order chi connectivity index (χ0) is 17.4. The van der Waals surface area contributed by atoms with Crippen molar-refractivity contribution in [1.29, 1.82) is 0 Å². The molecule has 0 spiro atoms. The maximum Gasteiger partial charge on any atom is 0.222 e. The first-order chi connectivity index (χ1) is 12.2. The van der Waals surface area contributed by atoms with E-state index in [0.29, 0.717) is 22.8 Å². The van der Waals surface area contributed by atoms with Crippen molar-refractivity contribution in [3.05, 3.63) is 36.5 Å². The van der Waals surface area contributed by atoms with Crippen LogP contribution >= 0.6 is 0 Å². The summed E-state index contributed by atoms with van der Waals surface area (Å²) in [5, 5.41) is 12.0. The predicted octanol–water partition coefficient (Wildman–Crippen LogP) is 2.85. The van der Waals surface area contributed by atoms with Crippen LogP contribution in [0.2, 0.25) is 0 Å². The standard InChI is InChI=1S/C17H16N6O2/c1-24-14-6-11-13(7-15(14)25-2)21-17(18)22-16(11)20-10-3-4-12-9(5-10)8-19-23-12/h3-8H,1-2H3,(H,19,23)(H3,18,20,21,22). The number of aromatic amines is 1. The lowest BCUT2D eigenvalue weighted by atomic mass is 10.2. The van der Waals surface area contributed by atoms with Crippen LogP contribution in [0.3, 0.4) is 0 Å². The molecule has 0 aliphatic carbocycles. The number of fused-ring (bicyclic) bond motifs is 2. The summed E-state index contributed by atoms with van der Waals surface area (Å²) in [4.78, 5) is 8.61. The Morgan fingerprint density at radius 2 is 1.84 bits per heavy atom. The Hall–Kier alpha value is -3.55. The van der Waals surface area contributed by atoms with Gasteiger partial charge in [0.25, 0.3) is 0 Å². The molecule has 0 bridgehead atoms. The van der Waals surface area contributed by atoms with E-state index in [1.54, 1.807) is 26.5 Å². The van der Waals surface area contributed by atoms with Gasteiger partial charge in [0.15, 0.2) is 11.5 Å². The second kappa shape index (κ2) is 5.82. The van der Waals surface area contributed by atoms with Gasteiger partial charge in [-0.1, -0.05) is 0 Å². The van der Waals surface area contributed by atoms with Crippen LogP contribution < -0.4 is 20.5 Å². The zero-order valence-electron chi connectivity index (χ0n) is 13.7. The summed E-state index contributed by atoms with van der Waals surface area (Å²) in [7, 11) is 3.16. The van der Waals surface area contributed by atoms with E-state index < -0.39 is 0 Å². The minimum atomic E-state index is 0.173. The van der Waals surface area contributed by atoms with Crippen LogP contribution in [0.25, 0.3) is 21.8 Å². The monoisotopic (exact) mass is 336 g/mol. The smallest absolute Gasteiger partial charge is 0.222 e. The first-order valence-electron chi connectivity index (χ1n) is 7.57. The minimum Gasteiger partial charge on any atom is -0.493 e. The van der Waals surface area contributed by atoms with Gasteiger partial charge in [0.05, 0.1) is 31.4 Å². The normalized spacial score (nSPS) is 11.0. The number of H-pyrrole nitrogens is 1. The molecule has 0 unspecified atom stereocenters. The Labute approximate surface area is 143 Å². The van der Waals surface area contributed by atoms with Gasteiger partial charge in [-0.15, -0.1) is 0 Å². The number of nitrogens with one attached hydrogen (secondary N) is 2. The van der Waals surface area contributed by atoms with Gasteiger partial charge in [0, 0.05) is 22.5 Å². The second-order valence-electron chi connectivity index (χ2n) is 5.45. The third-order valence-corrected chi connectivity index (χ3v) is 3.92. The Balaban J connectivity index is 1.84. The quantitative estimate of drug-likeness (QED) is 0.525. The highest BCUT2D eigenvalue weighted by Gasteiger charge is 2.13. The van der Waals surface area contributed by atoms with Crippen LogP contribution in [-0.4, -0.2) is 34.4 Å². The topological polar surface area (TPSA) is 111 Å². The largest absolute Gasteiger partial charge is 0.493 e. The molecule has 8 heteroatoms. The van der Waals surface area contributed by atoms with Crippen LogP contribution in [0.5, 0.6) is 11.5 Å². The number of rotatable bonds is 4. The van der Waals surface area contributed by atoms with Crippen molar-refractivity contribution in [2.45, 2.75) is 0 Å². The molecular formula is C17H16N6O2. The van der Waals surface area contributed by atoms with Crippen molar-refractivity contribution in [3.8, 4) is 11.5 Å². The molecule has 0 saturated carbocycles. The summed E-state index contributed by atoms with van der Waals surface area (Å²) in [6.45, 7) is 0. The summed E-state index contributed by atoms with van der Waals surface area (Å²) in [5.74, 6) is 1.94. The Bertz CT molecular complexity index is 1080. The van der Waals surface area contributed by atoms with Crippen molar-refractivity contribution in [1.82, 2.24) is 20.2 Å². The molecular weight excluding hydrogens is 320 g/mol. The minimum absolute atomic E-state index is 0.173. The van der Waals surface area contributed by atoms with Gasteiger partial charge < -0.3 is 20.5 Å². The molecule has 0 amide bonds. The van der Waals surface area contributed by atoms with Gasteiger partial charge in [0.1, 0.15) is 5.82 Å². The highest BCUT2D eigenvalue weighted by Crippen LogP contribution is 2.35. The summed E-state index contributed by atoms with van der Waals surface area (Å²) in [6.07, 6.45) is 1.76. The molecule has 0 aliphatic heterocycles. The van der Waals surface area contributed by atoms with Gasteiger partial charge in [-0.3, -0.25) is 5.10 Å². The number of nitrogens with two attached hydrogens (primary N) is 1. The molecule has 2 aromatic carbocycles. The van der Waals surface area contributed by atoms with Crippen molar-refractivity contribution >= 4 is 39.3 Å². The van der Waals surface area contributed by atoms with E-state index in [0.717, 1.165) is 22.0 Å². The number of aromatic nitrogens is 4. The molecule has 2 aromatic heterocycles. The number of nitrogens with zero attached hydrogens (tertiary/aromatic N) is 3. The molecule has 25 heavy (non-hydrogen) atoms. The maximum atomic E-state index is 5.87. The molecule has 126 valence electrons. The van der Waals surface area contributed by atoms with Gasteiger partial charge in [-0.2, -0.15) is 10.1 Å². The zero-order valence-corrected chi connectivity index (χ0v) is 13.7. The number of hydrogen-bond donors (Lipinski definition) is 3. The summed E-state index contributed by atoms with van der Waals surface area (Å²) >= 11 is 0. The molecule has 4 N–H and O–H groups in total. The number of methoxy groups -OCH3 is 2. The van der Waals surface area contributed by atoms with Gasteiger partial charge in [-0.25, -0.2) is 4.98 Å². The third-order valence-electron chi connectivity index (χ3n) is 3.92. The third kappa shape index (κ3) is 2.63. The first kappa shape index (κ1) is 15.0. The highest BCUT2D eigenvalue weighted by atomic mass is 16.5. The van der Waals surface area contributed by atoms with E-state index in [4.69, 9.17) is 15.2 Å². The lowest BCUT2D eigenvalue weighted by Gasteiger charge is -2.13. The molecule has 0 radical (unpaired) electrons. The molecule has 2 heterocycles. The molecule has 0 saturated heterocycles. The fourth-order valence-corrected chi connectivity index (χ4v) is 2.73. The highest BCUT2D eigenvalue weighted by molar-refractivity contribution is 5.94. The number of anilines is 3. The van der Waals surface area contributed by atoms with Crippen LogP contribution in [0.4, 0.5) is 17.5 Å². The molecule has 4 aromatic rings. The van der Waals surface area contributed by atoms with Gasteiger partial charge in [-0.05, 0) is 24.3 Å². The Morgan fingerprint density at radius 3 is 2.64 bits per heavy atom. The Morgan fingerprint density at radius 1 is 1.04 bits per heavy atom. The van der Waals surface area contributed by atoms with Crippen molar-refractivity contribution in [3.63, 3.8) is 0 Å². The van der Waals surface area contributed by atoms with E-state index in [2.05, 4.69) is 25.5 Å². The molecule has 0 fully saturated rings. The Kier molecular flexibility index (Phi) is 3.50. The summed E-state index contributed by atoms with van der Waals surface area (Å²) in [5.41, 5.74) is 8.36. The van der Waals surface area contributed by atoms with Crippen molar-refractivity contribution < 1.29 is 9.47 Å². The fraction of sp³-hybridized carbons (Fsp3) is 0.118. The lowest BCUT2D eigenvalue weighted by molar-refractivity contribution is 0.356. The van der Waals surface area contributed by atoms with E-state index in [9.17, 15) is 0 Å². The molecule has 8 nitrogen and oxygen atoms in total. The van der Waals surface area contributed by atoms with E-state index >= 15 is 0 Å². The number of hydrogen-bond acceptors (Lipinski definition) is 7. The van der Waals surface area contributed by atoms with Crippen LogP contribution in [0.15, 0.2) is 36.5 Å². The van der Waals surface area contributed by atoms with Gasteiger partial charge >= 0.3 is 0 Å². The lowest BCUT2D eigenvalue weighted by Crippen LogP contribution is -2.02. The average molecular weight is 336 g/mol. The molecule has 0 aliphatic rings. The van der Waals surface area contributed by atoms with Crippen LogP contribution in [0, 0.1) is 0 Å². The predicted molar refractivity (Wildman–Crippen MR) is 96.4 cm³/mol. The fourth-order valence-electron chi connectivity index (χ4n) is 2.73. The SMILES string of the molecule is COc1cc2nc(N)nc(Nc3ccc4[nH]ncc4c3)c2cc1OC. The maximum absolute atomic E-state index is 5.87. The van der Waals surface area contributed by atoms with Crippen molar-refractivity contribution in [2.24, 2.45) is 0 Å². The van der Waals surface area contributed by atoms with Gasteiger partial charge in [0.2, 0.25) is 5.95 Å².